The Morgan fingerprint density at radius 2 is 1.04 bits per heavy atom. The van der Waals surface area contributed by atoms with Crippen LogP contribution in [-0.4, -0.2) is 39.4 Å². The van der Waals surface area contributed by atoms with E-state index in [-0.39, 0.29) is 19.6 Å². The van der Waals surface area contributed by atoms with Crippen LogP contribution in [0.4, 0.5) is 22.0 Å². The first-order valence-corrected chi connectivity index (χ1v) is 14.0. The van der Waals surface area contributed by atoms with E-state index < -0.39 is 65.2 Å². The predicted octanol–water partition coefficient (Wildman–Crippen LogP) is 7.03. The third-order valence-electron chi connectivity index (χ3n) is 6.96. The van der Waals surface area contributed by atoms with Crippen LogP contribution in [0.25, 0.3) is 0 Å². The molecule has 0 aliphatic rings. The number of methoxy groups -OCH3 is 2. The molecule has 46 heavy (non-hydrogen) atoms. The second kappa shape index (κ2) is 15.3. The molecule has 0 heterocycles. The van der Waals surface area contributed by atoms with Gasteiger partial charge in [0.15, 0.2) is 0 Å². The van der Waals surface area contributed by atoms with Crippen molar-refractivity contribution in [3.05, 3.63) is 125 Å². The van der Waals surface area contributed by atoms with Crippen molar-refractivity contribution in [2.75, 3.05) is 27.4 Å². The summed E-state index contributed by atoms with van der Waals surface area (Å²) in [5.41, 5.74) is 1.34. The van der Waals surface area contributed by atoms with E-state index in [0.29, 0.717) is 11.5 Å². The van der Waals surface area contributed by atoms with Crippen molar-refractivity contribution in [2.45, 2.75) is 24.9 Å². The second-order valence-electron chi connectivity index (χ2n) is 9.80. The fourth-order valence-corrected chi connectivity index (χ4v) is 4.66. The molecule has 0 spiro atoms. The van der Waals surface area contributed by atoms with Crippen molar-refractivity contribution < 1.29 is 55.2 Å². The molecule has 0 radical (unpaired) electrons. The highest BCUT2D eigenvalue weighted by atomic mass is 19.2. The average Bonchev–Trinajstić information content (AvgIpc) is 3.09. The summed E-state index contributed by atoms with van der Waals surface area (Å²) in [7, 11) is 3.13. The van der Waals surface area contributed by atoms with Crippen LogP contribution < -0.4 is 14.2 Å². The summed E-state index contributed by atoms with van der Waals surface area (Å²) in [6.07, 6.45) is -1.07. The number of benzene rings is 4. The maximum absolute atomic E-state index is 13.8. The first-order valence-electron chi connectivity index (χ1n) is 14.0. The Hall–Kier alpha value is -4.97. The number of hydrogen-bond donors (Lipinski definition) is 0. The molecule has 0 amide bonds. The van der Waals surface area contributed by atoms with E-state index in [2.05, 4.69) is 4.74 Å². The van der Waals surface area contributed by atoms with Crippen molar-refractivity contribution >= 4 is 11.9 Å². The second-order valence-corrected chi connectivity index (χ2v) is 9.80. The largest absolute Gasteiger partial charge is 0.497 e. The quantitative estimate of drug-likeness (QED) is 0.0278. The number of esters is 2. The molecule has 4 rings (SSSR count). The van der Waals surface area contributed by atoms with Crippen LogP contribution in [0.5, 0.6) is 17.2 Å². The fourth-order valence-electron chi connectivity index (χ4n) is 4.66. The zero-order chi connectivity index (χ0) is 33.3. The Morgan fingerprint density at radius 1 is 0.587 bits per heavy atom. The summed E-state index contributed by atoms with van der Waals surface area (Å²) in [6, 6.07) is 24.4. The van der Waals surface area contributed by atoms with E-state index in [1.807, 2.05) is 78.9 Å². The van der Waals surface area contributed by atoms with Crippen molar-refractivity contribution in [1.82, 2.24) is 0 Å². The van der Waals surface area contributed by atoms with Gasteiger partial charge in [0, 0.05) is 6.42 Å². The molecule has 12 heteroatoms. The highest BCUT2D eigenvalue weighted by Crippen LogP contribution is 2.41. The van der Waals surface area contributed by atoms with Gasteiger partial charge in [-0.05, 0) is 41.0 Å². The Bertz CT molecular complexity index is 1570. The summed E-state index contributed by atoms with van der Waals surface area (Å²) < 4.78 is 94.2. The van der Waals surface area contributed by atoms with Gasteiger partial charge in [0.05, 0.1) is 40.3 Å². The first kappa shape index (κ1) is 33.9. The SMILES string of the molecule is COc1ccc(C(OCCCOC(=O)CCC(=O)Oc2c(F)c(F)c(F)c(F)c2F)(c2ccccc2)c2ccc(OC)cc2)cc1. The van der Waals surface area contributed by atoms with Crippen molar-refractivity contribution in [1.29, 1.82) is 0 Å². The maximum Gasteiger partial charge on any atom is 0.311 e. The van der Waals surface area contributed by atoms with E-state index >= 15 is 0 Å². The van der Waals surface area contributed by atoms with Crippen LogP contribution in [0.3, 0.4) is 0 Å². The normalized spacial score (nSPS) is 11.2. The molecule has 0 aliphatic carbocycles. The molecule has 0 saturated heterocycles. The molecule has 0 N–H and O–H groups in total. The Kier molecular flexibility index (Phi) is 11.3. The molecule has 4 aromatic carbocycles. The minimum absolute atomic E-state index is 0.110. The number of ether oxygens (including phenoxy) is 5. The molecule has 0 saturated carbocycles. The topological polar surface area (TPSA) is 80.3 Å². The van der Waals surface area contributed by atoms with Crippen molar-refractivity contribution in [2.24, 2.45) is 0 Å². The molecule has 0 aliphatic heterocycles. The third kappa shape index (κ3) is 7.45. The molecule has 0 unspecified atom stereocenters. The standard InChI is InChI=1S/C34H29F5O7/c1-42-24-13-9-22(10-14-24)34(21-7-4-3-5-8-21,23-11-15-25(43-2)16-12-23)45-20-6-19-44-26(40)17-18-27(41)46-33-31(38)29(36)28(35)30(37)32(33)39/h3-5,7-16H,6,17-20H2,1-2H3. The van der Waals surface area contributed by atoms with Gasteiger partial charge < -0.3 is 23.7 Å². The van der Waals surface area contributed by atoms with E-state index in [4.69, 9.17) is 18.9 Å². The van der Waals surface area contributed by atoms with Crippen LogP contribution in [0.15, 0.2) is 78.9 Å². The highest BCUT2D eigenvalue weighted by Gasteiger charge is 2.38. The number of carbonyl (C=O) groups is 2. The Morgan fingerprint density at radius 3 is 1.54 bits per heavy atom. The lowest BCUT2D eigenvalue weighted by Gasteiger charge is -2.36. The zero-order valence-corrected chi connectivity index (χ0v) is 24.8. The highest BCUT2D eigenvalue weighted by molar-refractivity contribution is 5.79. The van der Waals surface area contributed by atoms with Gasteiger partial charge in [-0.15, -0.1) is 0 Å². The summed E-state index contributed by atoms with van der Waals surface area (Å²) in [4.78, 5) is 24.2. The molecule has 0 aromatic heterocycles. The average molecular weight is 645 g/mol. The monoisotopic (exact) mass is 644 g/mol. The third-order valence-corrected chi connectivity index (χ3v) is 6.96. The van der Waals surface area contributed by atoms with Gasteiger partial charge in [-0.1, -0.05) is 54.6 Å². The number of halogens is 5. The van der Waals surface area contributed by atoms with E-state index in [1.165, 1.54) is 0 Å². The summed E-state index contributed by atoms with van der Waals surface area (Å²) in [6.45, 7) is 0.00411. The van der Waals surface area contributed by atoms with Crippen LogP contribution in [-0.2, 0) is 24.7 Å². The van der Waals surface area contributed by atoms with Gasteiger partial charge in [-0.25, -0.2) is 13.2 Å². The van der Waals surface area contributed by atoms with Gasteiger partial charge in [0.1, 0.15) is 17.1 Å². The van der Waals surface area contributed by atoms with Gasteiger partial charge in [0.2, 0.25) is 34.8 Å². The Balaban J connectivity index is 1.41. The molecule has 242 valence electrons. The molecule has 0 bridgehead atoms. The fraction of sp³-hybridized carbons (Fsp3) is 0.235. The van der Waals surface area contributed by atoms with E-state index in [0.717, 1.165) is 16.7 Å². The molecule has 0 fully saturated rings. The van der Waals surface area contributed by atoms with Crippen molar-refractivity contribution in [3.8, 4) is 17.2 Å². The van der Waals surface area contributed by atoms with Crippen LogP contribution in [0.2, 0.25) is 0 Å². The lowest BCUT2D eigenvalue weighted by Crippen LogP contribution is -2.33. The van der Waals surface area contributed by atoms with Gasteiger partial charge in [-0.3, -0.25) is 9.59 Å². The summed E-state index contributed by atoms with van der Waals surface area (Å²) in [5, 5.41) is 0. The molecule has 0 atom stereocenters. The first-order chi connectivity index (χ1) is 22.1. The van der Waals surface area contributed by atoms with Crippen LogP contribution in [0.1, 0.15) is 36.0 Å². The zero-order valence-electron chi connectivity index (χ0n) is 24.8. The molecule has 4 aromatic rings. The van der Waals surface area contributed by atoms with E-state index in [9.17, 15) is 31.5 Å². The van der Waals surface area contributed by atoms with E-state index in [1.54, 1.807) is 14.2 Å². The molecule has 7 nitrogen and oxygen atoms in total. The van der Waals surface area contributed by atoms with Crippen LogP contribution >= 0.6 is 0 Å². The van der Waals surface area contributed by atoms with Gasteiger partial charge >= 0.3 is 11.9 Å². The maximum atomic E-state index is 13.8. The molecular weight excluding hydrogens is 615 g/mol. The smallest absolute Gasteiger partial charge is 0.311 e. The minimum Gasteiger partial charge on any atom is -0.497 e. The predicted molar refractivity (Wildman–Crippen MR) is 155 cm³/mol. The number of carbonyl (C=O) groups excluding carboxylic acids is 2. The van der Waals surface area contributed by atoms with Crippen molar-refractivity contribution in [3.63, 3.8) is 0 Å². The lowest BCUT2D eigenvalue weighted by atomic mass is 9.80. The lowest BCUT2D eigenvalue weighted by molar-refractivity contribution is -0.147. The summed E-state index contributed by atoms with van der Waals surface area (Å²) >= 11 is 0. The Labute approximate surface area is 261 Å². The number of rotatable bonds is 14. The van der Waals surface area contributed by atoms with Crippen LogP contribution in [0, 0.1) is 29.1 Å². The minimum atomic E-state index is -2.39. The number of hydrogen-bond acceptors (Lipinski definition) is 7. The molecular formula is C34H29F5O7. The van der Waals surface area contributed by atoms with Gasteiger partial charge in [-0.2, -0.15) is 8.78 Å². The van der Waals surface area contributed by atoms with Gasteiger partial charge in [0.25, 0.3) is 0 Å². The summed E-state index contributed by atoms with van der Waals surface area (Å²) in [5.74, 6) is -14.2.